The van der Waals surface area contributed by atoms with Crippen molar-refractivity contribution in [2.24, 2.45) is 0 Å². The molecule has 0 radical (unpaired) electrons. The van der Waals surface area contributed by atoms with Crippen LogP contribution in [0, 0.1) is 0 Å². The number of carboxylic acid groups (broad SMARTS) is 1. The number of nitrogens with zero attached hydrogens (tertiary/aromatic N) is 2. The average Bonchev–Trinajstić information content (AvgIpc) is 2.88. The van der Waals surface area contributed by atoms with E-state index in [9.17, 15) is 14.4 Å². The molecule has 8 nitrogen and oxygen atoms in total. The van der Waals surface area contributed by atoms with E-state index in [2.05, 4.69) is 10.3 Å². The quantitative estimate of drug-likeness (QED) is 0.652. The number of carbonyl (C=O) groups is 2. The molecule has 0 aliphatic carbocycles. The van der Waals surface area contributed by atoms with Crippen molar-refractivity contribution in [2.45, 2.75) is 12.6 Å². The van der Waals surface area contributed by atoms with Crippen molar-refractivity contribution in [1.82, 2.24) is 14.9 Å². The number of thiophene rings is 1. The summed E-state index contributed by atoms with van der Waals surface area (Å²) in [7, 11) is 0. The first-order chi connectivity index (χ1) is 9.52. The Morgan fingerprint density at radius 3 is 2.90 bits per heavy atom. The minimum Gasteiger partial charge on any atom is -0.480 e. The second-order valence-corrected chi connectivity index (χ2v) is 4.85. The molecule has 9 heteroatoms. The van der Waals surface area contributed by atoms with Gasteiger partial charge in [0, 0.05) is 0 Å². The maximum atomic E-state index is 12.0. The molecule has 0 fully saturated rings. The molecular formula is C11H11N3O5S. The summed E-state index contributed by atoms with van der Waals surface area (Å²) in [6.07, 6.45) is 1.23. The summed E-state index contributed by atoms with van der Waals surface area (Å²) in [6, 6.07) is 0.216. The molecule has 2 rings (SSSR count). The third-order valence-corrected chi connectivity index (χ3v) is 3.40. The standard InChI is InChI=1S/C11H11N3O5S/c15-4-7(11(18)19)13-8(16)3-14-5-12-9-6(10(14)17)1-2-20-9/h1-2,5,7,15H,3-4H2,(H,13,16)(H,18,19)/t7-/m0/s1. The van der Waals surface area contributed by atoms with Gasteiger partial charge in [-0.3, -0.25) is 14.2 Å². The molecule has 0 aliphatic rings. The van der Waals surface area contributed by atoms with Crippen LogP contribution in [0.4, 0.5) is 0 Å². The zero-order chi connectivity index (χ0) is 14.7. The van der Waals surface area contributed by atoms with Gasteiger partial charge in [0.05, 0.1) is 18.3 Å². The summed E-state index contributed by atoms with van der Waals surface area (Å²) in [4.78, 5) is 38.9. The molecule has 0 bridgehead atoms. The van der Waals surface area contributed by atoms with Crippen LogP contribution in [0.1, 0.15) is 0 Å². The van der Waals surface area contributed by atoms with Crippen LogP contribution in [-0.2, 0) is 16.1 Å². The lowest BCUT2D eigenvalue weighted by Gasteiger charge is -2.12. The van der Waals surface area contributed by atoms with Gasteiger partial charge in [-0.2, -0.15) is 0 Å². The van der Waals surface area contributed by atoms with Crippen LogP contribution in [-0.4, -0.2) is 44.3 Å². The van der Waals surface area contributed by atoms with E-state index in [1.807, 2.05) is 0 Å². The van der Waals surface area contributed by atoms with Crippen molar-refractivity contribution in [3.05, 3.63) is 28.1 Å². The molecule has 3 N–H and O–H groups in total. The molecule has 0 aliphatic heterocycles. The highest BCUT2D eigenvalue weighted by molar-refractivity contribution is 7.16. The molecule has 0 saturated heterocycles. The van der Waals surface area contributed by atoms with Gasteiger partial charge in [-0.05, 0) is 11.4 Å². The highest BCUT2D eigenvalue weighted by Crippen LogP contribution is 2.13. The number of aliphatic carboxylic acids is 1. The topological polar surface area (TPSA) is 122 Å². The lowest BCUT2D eigenvalue weighted by atomic mass is 10.3. The lowest BCUT2D eigenvalue weighted by molar-refractivity contribution is -0.143. The molecule has 106 valence electrons. The molecule has 2 heterocycles. The van der Waals surface area contributed by atoms with E-state index in [4.69, 9.17) is 10.2 Å². The number of aromatic nitrogens is 2. The molecule has 0 unspecified atom stereocenters. The lowest BCUT2D eigenvalue weighted by Crippen LogP contribution is -2.45. The van der Waals surface area contributed by atoms with Crippen molar-refractivity contribution >= 4 is 33.4 Å². The van der Waals surface area contributed by atoms with Crippen molar-refractivity contribution in [2.75, 3.05) is 6.61 Å². The van der Waals surface area contributed by atoms with Gasteiger partial charge in [0.2, 0.25) is 5.91 Å². The molecule has 1 amide bonds. The second kappa shape index (κ2) is 5.80. The number of fused-ring (bicyclic) bond motifs is 1. The fourth-order valence-corrected chi connectivity index (χ4v) is 2.31. The van der Waals surface area contributed by atoms with E-state index < -0.39 is 24.5 Å². The van der Waals surface area contributed by atoms with Gasteiger partial charge in [0.25, 0.3) is 5.56 Å². The highest BCUT2D eigenvalue weighted by atomic mass is 32.1. The third kappa shape index (κ3) is 2.83. The Hall–Kier alpha value is -2.26. The molecule has 2 aromatic rings. The van der Waals surface area contributed by atoms with Gasteiger partial charge in [0.1, 0.15) is 17.4 Å². The Balaban J connectivity index is 2.15. The van der Waals surface area contributed by atoms with Crippen LogP contribution in [0.25, 0.3) is 10.2 Å². The van der Waals surface area contributed by atoms with E-state index in [-0.39, 0.29) is 12.1 Å². The monoisotopic (exact) mass is 297 g/mol. The average molecular weight is 297 g/mol. The minimum absolute atomic E-state index is 0.360. The molecule has 2 aromatic heterocycles. The van der Waals surface area contributed by atoms with Crippen molar-refractivity contribution in [3.63, 3.8) is 0 Å². The number of hydrogen-bond acceptors (Lipinski definition) is 6. The van der Waals surface area contributed by atoms with E-state index in [1.165, 1.54) is 17.7 Å². The van der Waals surface area contributed by atoms with Crippen molar-refractivity contribution in [3.8, 4) is 0 Å². The number of aliphatic hydroxyl groups excluding tert-OH is 1. The van der Waals surface area contributed by atoms with Crippen molar-refractivity contribution in [1.29, 1.82) is 0 Å². The molecule has 1 atom stereocenters. The van der Waals surface area contributed by atoms with Gasteiger partial charge in [-0.15, -0.1) is 11.3 Å². The molecule has 0 aromatic carbocycles. The van der Waals surface area contributed by atoms with Crippen LogP contribution in [0.15, 0.2) is 22.6 Å². The van der Waals surface area contributed by atoms with Gasteiger partial charge < -0.3 is 15.5 Å². The highest BCUT2D eigenvalue weighted by Gasteiger charge is 2.19. The molecular weight excluding hydrogens is 286 g/mol. The zero-order valence-corrected chi connectivity index (χ0v) is 11.0. The Bertz CT molecular complexity index is 707. The number of nitrogens with one attached hydrogen (secondary N) is 1. The predicted molar refractivity (Wildman–Crippen MR) is 70.5 cm³/mol. The number of aliphatic hydroxyl groups is 1. The van der Waals surface area contributed by atoms with Crippen LogP contribution >= 0.6 is 11.3 Å². The fraction of sp³-hybridized carbons (Fsp3) is 0.273. The number of hydrogen-bond donors (Lipinski definition) is 3. The Labute approximate surface area is 116 Å². The Kier molecular flexibility index (Phi) is 4.11. The third-order valence-electron chi connectivity index (χ3n) is 2.58. The molecule has 20 heavy (non-hydrogen) atoms. The summed E-state index contributed by atoms with van der Waals surface area (Å²) in [6.45, 7) is -1.08. The van der Waals surface area contributed by atoms with E-state index >= 15 is 0 Å². The first kappa shape index (κ1) is 14.2. The molecule has 0 spiro atoms. The largest absolute Gasteiger partial charge is 0.480 e. The maximum absolute atomic E-state index is 12.0. The SMILES string of the molecule is O=C(Cn1cnc2sccc2c1=O)N[C@@H](CO)C(=O)O. The summed E-state index contributed by atoms with van der Waals surface area (Å²) in [5.74, 6) is -2.04. The van der Waals surface area contributed by atoms with Crippen LogP contribution < -0.4 is 10.9 Å². The summed E-state index contributed by atoms with van der Waals surface area (Å²) in [5.41, 5.74) is -0.373. The normalized spacial score (nSPS) is 12.2. The Morgan fingerprint density at radius 2 is 2.25 bits per heavy atom. The Morgan fingerprint density at radius 1 is 1.50 bits per heavy atom. The van der Waals surface area contributed by atoms with Gasteiger partial charge in [-0.25, -0.2) is 9.78 Å². The summed E-state index contributed by atoms with van der Waals surface area (Å²) in [5, 5.41) is 21.7. The number of rotatable bonds is 5. The first-order valence-corrected chi connectivity index (χ1v) is 6.46. The fourth-order valence-electron chi connectivity index (χ4n) is 1.59. The first-order valence-electron chi connectivity index (χ1n) is 5.58. The van der Waals surface area contributed by atoms with Crippen molar-refractivity contribution < 1.29 is 19.8 Å². The van der Waals surface area contributed by atoms with Crippen LogP contribution in [0.2, 0.25) is 0 Å². The zero-order valence-electron chi connectivity index (χ0n) is 10.1. The van der Waals surface area contributed by atoms with E-state index in [0.29, 0.717) is 10.2 Å². The maximum Gasteiger partial charge on any atom is 0.328 e. The van der Waals surface area contributed by atoms with Crippen LogP contribution in [0.5, 0.6) is 0 Å². The van der Waals surface area contributed by atoms with E-state index in [1.54, 1.807) is 11.4 Å². The predicted octanol–water partition coefficient (Wildman–Crippen LogP) is -0.980. The number of carboxylic acids is 1. The summed E-state index contributed by atoms with van der Waals surface area (Å²) < 4.78 is 1.08. The van der Waals surface area contributed by atoms with Gasteiger partial charge >= 0.3 is 5.97 Å². The number of carbonyl (C=O) groups excluding carboxylic acids is 1. The number of amides is 1. The minimum atomic E-state index is -1.39. The summed E-state index contributed by atoms with van der Waals surface area (Å²) >= 11 is 1.31. The van der Waals surface area contributed by atoms with Crippen LogP contribution in [0.3, 0.4) is 0 Å². The van der Waals surface area contributed by atoms with E-state index in [0.717, 1.165) is 4.57 Å². The van der Waals surface area contributed by atoms with Gasteiger partial charge in [-0.1, -0.05) is 0 Å². The second-order valence-electron chi connectivity index (χ2n) is 3.96. The molecule has 0 saturated carbocycles. The van der Waals surface area contributed by atoms with Gasteiger partial charge in [0.15, 0.2) is 0 Å². The smallest absolute Gasteiger partial charge is 0.328 e.